The van der Waals surface area contributed by atoms with E-state index in [-0.39, 0.29) is 0 Å². The van der Waals surface area contributed by atoms with E-state index in [4.69, 9.17) is 0 Å². The van der Waals surface area contributed by atoms with Crippen molar-refractivity contribution in [3.63, 3.8) is 0 Å². The topological polar surface area (TPSA) is 24.4 Å². The van der Waals surface area contributed by atoms with Crippen LogP contribution in [-0.4, -0.2) is 11.8 Å². The lowest BCUT2D eigenvalue weighted by Crippen LogP contribution is -2.13. The summed E-state index contributed by atoms with van der Waals surface area (Å²) in [5.74, 6) is 0.575. The minimum atomic E-state index is 0.575. The summed E-state index contributed by atoms with van der Waals surface area (Å²) in [4.78, 5) is 0. The quantitative estimate of drug-likeness (QED) is 0.469. The fourth-order valence-corrected chi connectivity index (χ4v) is 0.535. The highest BCUT2D eigenvalue weighted by molar-refractivity contribution is 5.83. The Bertz CT molecular complexity index is 134. The molecular weight excluding hydrogens is 124 g/mol. The first-order chi connectivity index (χ1) is 4.70. The van der Waals surface area contributed by atoms with Gasteiger partial charge in [0, 0.05) is 11.8 Å². The van der Waals surface area contributed by atoms with Crippen LogP contribution in [0.5, 0.6) is 0 Å². The van der Waals surface area contributed by atoms with Crippen molar-refractivity contribution in [1.82, 2.24) is 5.43 Å². The van der Waals surface area contributed by atoms with Crippen molar-refractivity contribution in [3.8, 4) is 0 Å². The Kier molecular flexibility index (Phi) is 2.30. The molecule has 10 heavy (non-hydrogen) atoms. The second-order valence-electron chi connectivity index (χ2n) is 3.31. The predicted octanol–water partition coefficient (Wildman–Crippen LogP) is 1.77. The van der Waals surface area contributed by atoms with Crippen LogP contribution in [0, 0.1) is 5.92 Å². The first-order valence-corrected chi connectivity index (χ1v) is 4.00. The van der Waals surface area contributed by atoms with Crippen LogP contribution in [0.25, 0.3) is 0 Å². The average Bonchev–Trinajstić information content (AvgIpc) is 2.64. The van der Waals surface area contributed by atoms with Gasteiger partial charge in [-0.3, -0.25) is 0 Å². The second-order valence-corrected chi connectivity index (χ2v) is 3.31. The Balaban J connectivity index is 2.22. The summed E-state index contributed by atoms with van der Waals surface area (Å²) >= 11 is 0. The lowest BCUT2D eigenvalue weighted by atomic mass is 10.1. The van der Waals surface area contributed by atoms with E-state index in [1.54, 1.807) is 0 Å². The third kappa shape index (κ3) is 2.38. The zero-order valence-corrected chi connectivity index (χ0v) is 7.02. The van der Waals surface area contributed by atoms with Gasteiger partial charge in [0.25, 0.3) is 0 Å². The van der Waals surface area contributed by atoms with E-state index in [0.29, 0.717) is 12.0 Å². The van der Waals surface area contributed by atoms with Crippen LogP contribution in [0.3, 0.4) is 0 Å². The van der Waals surface area contributed by atoms with Crippen LogP contribution in [0.4, 0.5) is 0 Å². The molecule has 0 aliphatic heterocycles. The molecule has 1 N–H and O–H groups in total. The predicted molar refractivity (Wildman–Crippen MR) is 44.1 cm³/mol. The lowest BCUT2D eigenvalue weighted by Gasteiger charge is -2.03. The first kappa shape index (κ1) is 7.58. The van der Waals surface area contributed by atoms with E-state index in [9.17, 15) is 0 Å². The van der Waals surface area contributed by atoms with E-state index in [0.717, 1.165) is 0 Å². The van der Waals surface area contributed by atoms with Gasteiger partial charge in [-0.1, -0.05) is 13.8 Å². The van der Waals surface area contributed by atoms with E-state index >= 15 is 0 Å². The minimum Gasteiger partial charge on any atom is -0.307 e. The summed E-state index contributed by atoms with van der Waals surface area (Å²) < 4.78 is 0. The molecule has 1 rings (SSSR count). The van der Waals surface area contributed by atoms with Crippen molar-refractivity contribution in [2.75, 3.05) is 0 Å². The van der Waals surface area contributed by atoms with Gasteiger partial charge in [-0.05, 0) is 25.7 Å². The molecule has 0 aromatic heterocycles. The SMILES string of the molecule is C/C(=N\NC1CC1)C(C)C. The summed E-state index contributed by atoms with van der Waals surface area (Å²) in [6.07, 6.45) is 2.60. The zero-order chi connectivity index (χ0) is 7.56. The molecule has 1 aliphatic carbocycles. The van der Waals surface area contributed by atoms with Gasteiger partial charge in [0.05, 0.1) is 0 Å². The first-order valence-electron chi connectivity index (χ1n) is 4.00. The molecular formula is C8H16N2. The van der Waals surface area contributed by atoms with Crippen molar-refractivity contribution in [1.29, 1.82) is 0 Å². The van der Waals surface area contributed by atoms with E-state index in [1.165, 1.54) is 18.6 Å². The Morgan fingerprint density at radius 1 is 1.50 bits per heavy atom. The number of nitrogens with zero attached hydrogens (tertiary/aromatic N) is 1. The number of rotatable bonds is 3. The maximum atomic E-state index is 4.25. The summed E-state index contributed by atoms with van der Waals surface area (Å²) in [5, 5.41) is 4.25. The molecule has 58 valence electrons. The molecule has 0 spiro atoms. The van der Waals surface area contributed by atoms with Gasteiger partial charge in [0.1, 0.15) is 0 Å². The molecule has 2 nitrogen and oxygen atoms in total. The molecule has 0 atom stereocenters. The standard InChI is InChI=1S/C8H16N2/c1-6(2)7(3)9-10-8-4-5-8/h6,8,10H,4-5H2,1-3H3/b9-7+. The largest absolute Gasteiger partial charge is 0.307 e. The molecule has 1 saturated carbocycles. The third-order valence-electron chi connectivity index (χ3n) is 1.84. The van der Waals surface area contributed by atoms with Crippen LogP contribution < -0.4 is 5.43 Å². The van der Waals surface area contributed by atoms with Gasteiger partial charge >= 0.3 is 0 Å². The molecule has 1 aliphatic rings. The van der Waals surface area contributed by atoms with Crippen molar-refractivity contribution in [3.05, 3.63) is 0 Å². The van der Waals surface area contributed by atoms with Gasteiger partial charge < -0.3 is 5.43 Å². The van der Waals surface area contributed by atoms with Crippen LogP contribution in [0.2, 0.25) is 0 Å². The fourth-order valence-electron chi connectivity index (χ4n) is 0.535. The summed E-state index contributed by atoms with van der Waals surface area (Å²) in [6.45, 7) is 6.39. The molecule has 0 unspecified atom stereocenters. The number of nitrogens with one attached hydrogen (secondary N) is 1. The molecule has 0 radical (unpaired) electrons. The van der Waals surface area contributed by atoms with Crippen molar-refractivity contribution in [2.45, 2.75) is 39.7 Å². The molecule has 0 saturated heterocycles. The monoisotopic (exact) mass is 140 g/mol. The maximum absolute atomic E-state index is 4.25. The summed E-state index contributed by atoms with van der Waals surface area (Å²) in [6, 6.07) is 0.689. The second kappa shape index (κ2) is 3.04. The van der Waals surface area contributed by atoms with E-state index < -0.39 is 0 Å². The fraction of sp³-hybridized carbons (Fsp3) is 0.875. The van der Waals surface area contributed by atoms with Crippen LogP contribution >= 0.6 is 0 Å². The molecule has 2 heteroatoms. The van der Waals surface area contributed by atoms with Gasteiger partial charge in [-0.2, -0.15) is 5.10 Å². The van der Waals surface area contributed by atoms with Crippen molar-refractivity contribution < 1.29 is 0 Å². The van der Waals surface area contributed by atoms with Crippen molar-refractivity contribution in [2.24, 2.45) is 11.0 Å². The van der Waals surface area contributed by atoms with Gasteiger partial charge in [-0.25, -0.2) is 0 Å². The van der Waals surface area contributed by atoms with Gasteiger partial charge in [0.2, 0.25) is 0 Å². The normalized spacial score (nSPS) is 19.8. The van der Waals surface area contributed by atoms with Crippen LogP contribution in [0.15, 0.2) is 5.10 Å². The Morgan fingerprint density at radius 3 is 2.50 bits per heavy atom. The Labute approximate surface area is 62.7 Å². The summed E-state index contributed by atoms with van der Waals surface area (Å²) in [5.41, 5.74) is 4.33. The highest BCUT2D eigenvalue weighted by atomic mass is 15.3. The molecule has 0 bridgehead atoms. The van der Waals surface area contributed by atoms with E-state index in [2.05, 4.69) is 31.3 Å². The smallest absolute Gasteiger partial charge is 0.0441 e. The number of hydrogen-bond acceptors (Lipinski definition) is 2. The zero-order valence-electron chi connectivity index (χ0n) is 7.02. The van der Waals surface area contributed by atoms with Gasteiger partial charge in [0.15, 0.2) is 0 Å². The highest BCUT2D eigenvalue weighted by Crippen LogP contribution is 2.18. The van der Waals surface area contributed by atoms with Gasteiger partial charge in [-0.15, -0.1) is 0 Å². The molecule has 0 amide bonds. The Morgan fingerprint density at radius 2 is 2.10 bits per heavy atom. The maximum Gasteiger partial charge on any atom is 0.0441 e. The van der Waals surface area contributed by atoms with Crippen molar-refractivity contribution >= 4 is 5.71 Å². The third-order valence-corrected chi connectivity index (χ3v) is 1.84. The minimum absolute atomic E-state index is 0.575. The average molecular weight is 140 g/mol. The van der Waals surface area contributed by atoms with Crippen LogP contribution in [0.1, 0.15) is 33.6 Å². The highest BCUT2D eigenvalue weighted by Gasteiger charge is 2.19. The number of hydrogen-bond donors (Lipinski definition) is 1. The lowest BCUT2D eigenvalue weighted by molar-refractivity contribution is 0.719. The number of hydrazone groups is 1. The molecule has 0 aromatic rings. The molecule has 0 heterocycles. The summed E-state index contributed by atoms with van der Waals surface area (Å²) in [7, 11) is 0. The van der Waals surface area contributed by atoms with E-state index in [1.807, 2.05) is 0 Å². The Hall–Kier alpha value is -0.530. The molecule has 0 aromatic carbocycles. The molecule has 1 fully saturated rings. The van der Waals surface area contributed by atoms with Crippen LogP contribution in [-0.2, 0) is 0 Å².